The highest BCUT2D eigenvalue weighted by Gasteiger charge is 2.03. The first-order chi connectivity index (χ1) is 9.65. The molecule has 1 amide bonds. The van der Waals surface area contributed by atoms with Crippen molar-refractivity contribution in [2.75, 3.05) is 18.4 Å². The van der Waals surface area contributed by atoms with Gasteiger partial charge in [0.25, 0.3) is 5.91 Å². The molecule has 2 rings (SSSR count). The summed E-state index contributed by atoms with van der Waals surface area (Å²) in [5.41, 5.74) is 1.52. The number of hydrogen-bond donors (Lipinski definition) is 2. The molecule has 104 valence electrons. The number of hydrogen-bond acceptors (Lipinski definition) is 4. The summed E-state index contributed by atoms with van der Waals surface area (Å²) in [7, 11) is 0. The van der Waals surface area contributed by atoms with Gasteiger partial charge in [0.1, 0.15) is 5.82 Å². The molecular formula is C14H15BrN4O. The molecule has 0 fully saturated rings. The van der Waals surface area contributed by atoms with Crippen molar-refractivity contribution in [3.63, 3.8) is 0 Å². The fourth-order valence-electron chi connectivity index (χ4n) is 1.56. The van der Waals surface area contributed by atoms with Crippen molar-refractivity contribution in [3.8, 4) is 0 Å². The molecule has 20 heavy (non-hydrogen) atoms. The summed E-state index contributed by atoms with van der Waals surface area (Å²) in [6, 6.07) is 11.0. The van der Waals surface area contributed by atoms with Gasteiger partial charge in [0.15, 0.2) is 0 Å². The molecule has 6 heteroatoms. The zero-order valence-corrected chi connectivity index (χ0v) is 12.6. The molecule has 1 aromatic carbocycles. The zero-order chi connectivity index (χ0) is 14.4. The number of carbonyl (C=O) groups excluding carboxylic acids is 1. The molecule has 0 aliphatic rings. The van der Waals surface area contributed by atoms with E-state index in [1.165, 1.54) is 0 Å². The van der Waals surface area contributed by atoms with Gasteiger partial charge in [-0.15, -0.1) is 5.10 Å². The average molecular weight is 335 g/mol. The third-order valence-corrected chi connectivity index (χ3v) is 3.15. The van der Waals surface area contributed by atoms with Crippen LogP contribution in [-0.2, 0) is 0 Å². The van der Waals surface area contributed by atoms with Crippen LogP contribution in [0.3, 0.4) is 0 Å². The summed E-state index contributed by atoms with van der Waals surface area (Å²) in [5, 5.41) is 13.9. The Morgan fingerprint density at radius 3 is 2.50 bits per heavy atom. The zero-order valence-electron chi connectivity index (χ0n) is 11.1. The summed E-state index contributed by atoms with van der Waals surface area (Å²) in [6.45, 7) is 3.00. The number of nitrogens with one attached hydrogen (secondary N) is 2. The number of aromatic nitrogens is 2. The number of halogens is 1. The smallest absolute Gasteiger partial charge is 0.251 e. The van der Waals surface area contributed by atoms with Crippen LogP contribution in [0.4, 0.5) is 5.82 Å². The van der Waals surface area contributed by atoms with Crippen LogP contribution in [0.2, 0.25) is 0 Å². The lowest BCUT2D eigenvalue weighted by Crippen LogP contribution is -2.28. The van der Waals surface area contributed by atoms with Crippen LogP contribution in [0.15, 0.2) is 40.9 Å². The summed E-state index contributed by atoms with van der Waals surface area (Å²) in [4.78, 5) is 11.8. The monoisotopic (exact) mass is 334 g/mol. The Morgan fingerprint density at radius 1 is 1.10 bits per heavy atom. The Balaban J connectivity index is 1.74. The lowest BCUT2D eigenvalue weighted by molar-refractivity contribution is 0.0955. The van der Waals surface area contributed by atoms with Crippen molar-refractivity contribution in [1.82, 2.24) is 15.5 Å². The predicted molar refractivity (Wildman–Crippen MR) is 81.7 cm³/mol. The number of nitrogens with zero attached hydrogens (tertiary/aromatic N) is 2. The van der Waals surface area contributed by atoms with Crippen molar-refractivity contribution in [2.45, 2.75) is 6.92 Å². The number of anilines is 1. The first-order valence-corrected chi connectivity index (χ1v) is 7.02. The number of amides is 1. The van der Waals surface area contributed by atoms with E-state index < -0.39 is 0 Å². The SMILES string of the molecule is Cc1ccc(NCCNC(=O)c2ccc(Br)cc2)nn1. The minimum Gasteiger partial charge on any atom is -0.367 e. The molecule has 2 N–H and O–H groups in total. The fourth-order valence-corrected chi connectivity index (χ4v) is 1.83. The molecule has 2 aromatic rings. The van der Waals surface area contributed by atoms with E-state index in [1.807, 2.05) is 31.2 Å². The van der Waals surface area contributed by atoms with Gasteiger partial charge in [-0.1, -0.05) is 15.9 Å². The highest BCUT2D eigenvalue weighted by atomic mass is 79.9. The molecule has 1 heterocycles. The number of rotatable bonds is 5. The largest absolute Gasteiger partial charge is 0.367 e. The van der Waals surface area contributed by atoms with Crippen LogP contribution in [0, 0.1) is 6.92 Å². The Hall–Kier alpha value is -1.95. The van der Waals surface area contributed by atoms with Gasteiger partial charge >= 0.3 is 0 Å². The highest BCUT2D eigenvalue weighted by Crippen LogP contribution is 2.10. The first kappa shape index (κ1) is 14.5. The van der Waals surface area contributed by atoms with E-state index in [9.17, 15) is 4.79 Å². The molecule has 0 saturated carbocycles. The van der Waals surface area contributed by atoms with Crippen molar-refractivity contribution < 1.29 is 4.79 Å². The maximum Gasteiger partial charge on any atom is 0.251 e. The second-order valence-electron chi connectivity index (χ2n) is 4.25. The van der Waals surface area contributed by atoms with Crippen LogP contribution in [0.1, 0.15) is 16.1 Å². The molecule has 0 unspecified atom stereocenters. The number of aryl methyl sites for hydroxylation is 1. The van der Waals surface area contributed by atoms with Gasteiger partial charge in [0.05, 0.1) is 5.69 Å². The van der Waals surface area contributed by atoms with E-state index in [4.69, 9.17) is 0 Å². The lowest BCUT2D eigenvalue weighted by Gasteiger charge is -2.07. The van der Waals surface area contributed by atoms with Gasteiger partial charge in [-0.05, 0) is 43.3 Å². The van der Waals surface area contributed by atoms with Crippen molar-refractivity contribution >= 4 is 27.7 Å². The molecule has 0 spiro atoms. The van der Waals surface area contributed by atoms with Crippen LogP contribution in [0.25, 0.3) is 0 Å². The van der Waals surface area contributed by atoms with Crippen LogP contribution in [-0.4, -0.2) is 29.2 Å². The Bertz CT molecular complexity index is 569. The topological polar surface area (TPSA) is 66.9 Å². The summed E-state index contributed by atoms with van der Waals surface area (Å²) in [5.74, 6) is 0.614. The molecule has 5 nitrogen and oxygen atoms in total. The summed E-state index contributed by atoms with van der Waals surface area (Å²) < 4.78 is 0.952. The van der Waals surface area contributed by atoms with E-state index in [2.05, 4.69) is 36.8 Å². The summed E-state index contributed by atoms with van der Waals surface area (Å²) in [6.07, 6.45) is 0. The Labute approximate surface area is 125 Å². The van der Waals surface area contributed by atoms with Gasteiger partial charge in [0.2, 0.25) is 0 Å². The van der Waals surface area contributed by atoms with Gasteiger partial charge < -0.3 is 10.6 Å². The third-order valence-electron chi connectivity index (χ3n) is 2.62. The summed E-state index contributed by atoms with van der Waals surface area (Å²) >= 11 is 3.33. The molecule has 0 aliphatic carbocycles. The van der Waals surface area contributed by atoms with Crippen molar-refractivity contribution in [3.05, 3.63) is 52.1 Å². The number of carbonyl (C=O) groups is 1. The van der Waals surface area contributed by atoms with E-state index >= 15 is 0 Å². The molecule has 1 aromatic heterocycles. The third kappa shape index (κ3) is 4.31. The quantitative estimate of drug-likeness (QED) is 0.824. The van der Waals surface area contributed by atoms with Crippen LogP contribution >= 0.6 is 15.9 Å². The maximum absolute atomic E-state index is 11.8. The highest BCUT2D eigenvalue weighted by molar-refractivity contribution is 9.10. The molecule has 0 radical (unpaired) electrons. The van der Waals surface area contributed by atoms with Crippen molar-refractivity contribution in [1.29, 1.82) is 0 Å². The number of benzene rings is 1. The maximum atomic E-state index is 11.8. The normalized spacial score (nSPS) is 10.1. The van der Waals surface area contributed by atoms with Gasteiger partial charge in [-0.2, -0.15) is 5.10 Å². The van der Waals surface area contributed by atoms with E-state index in [0.717, 1.165) is 10.2 Å². The Morgan fingerprint density at radius 2 is 1.85 bits per heavy atom. The van der Waals surface area contributed by atoms with E-state index in [1.54, 1.807) is 12.1 Å². The lowest BCUT2D eigenvalue weighted by atomic mass is 10.2. The molecule has 0 aliphatic heterocycles. The van der Waals surface area contributed by atoms with E-state index in [0.29, 0.717) is 24.5 Å². The van der Waals surface area contributed by atoms with Crippen LogP contribution < -0.4 is 10.6 Å². The van der Waals surface area contributed by atoms with E-state index in [-0.39, 0.29) is 5.91 Å². The molecule has 0 bridgehead atoms. The second-order valence-corrected chi connectivity index (χ2v) is 5.17. The predicted octanol–water partition coefficient (Wildman–Crippen LogP) is 2.39. The second kappa shape index (κ2) is 7.00. The average Bonchev–Trinajstić information content (AvgIpc) is 2.46. The fraction of sp³-hybridized carbons (Fsp3) is 0.214. The Kier molecular flexibility index (Phi) is 5.06. The standard InChI is InChI=1S/C14H15BrN4O/c1-10-2-7-13(19-18-10)16-8-9-17-14(20)11-3-5-12(15)6-4-11/h2-7H,8-9H2,1H3,(H,16,19)(H,17,20). The van der Waals surface area contributed by atoms with Gasteiger partial charge in [-0.3, -0.25) is 4.79 Å². The molecule has 0 atom stereocenters. The molecule has 0 saturated heterocycles. The van der Waals surface area contributed by atoms with Crippen LogP contribution in [0.5, 0.6) is 0 Å². The minimum atomic E-state index is -0.0886. The molecular weight excluding hydrogens is 320 g/mol. The first-order valence-electron chi connectivity index (χ1n) is 6.23. The van der Waals surface area contributed by atoms with Gasteiger partial charge in [0, 0.05) is 23.1 Å². The minimum absolute atomic E-state index is 0.0886. The van der Waals surface area contributed by atoms with Gasteiger partial charge in [-0.25, -0.2) is 0 Å². The van der Waals surface area contributed by atoms with Crippen molar-refractivity contribution in [2.24, 2.45) is 0 Å².